The molecular weight excluding hydrogens is 841 g/mol. The van der Waals surface area contributed by atoms with Gasteiger partial charge >= 0.3 is 0 Å². The molecule has 0 radical (unpaired) electrons. The van der Waals surface area contributed by atoms with Crippen molar-refractivity contribution in [2.75, 3.05) is 9.80 Å². The third kappa shape index (κ3) is 7.89. The summed E-state index contributed by atoms with van der Waals surface area (Å²) in [5.74, 6) is 0. The number of hydrogen-bond acceptors (Lipinski definition) is 5. The molecule has 0 atom stereocenters. The maximum atomic E-state index is 10.1. The van der Waals surface area contributed by atoms with Gasteiger partial charge in [-0.05, 0) is 149 Å². The molecule has 0 saturated carbocycles. The molecule has 1 heterocycles. The zero-order valence-electron chi connectivity index (χ0n) is 37.3. The second-order valence-corrected chi connectivity index (χ2v) is 16.7. The maximum absolute atomic E-state index is 10.1. The summed E-state index contributed by atoms with van der Waals surface area (Å²) in [6.45, 7) is 0. The number of rotatable bonds is 10. The smallest absolute Gasteiger partial charge is 0.0999 e. The van der Waals surface area contributed by atoms with Gasteiger partial charge in [0.15, 0.2) is 0 Å². The van der Waals surface area contributed by atoms with E-state index >= 15 is 0 Å². The lowest BCUT2D eigenvalue weighted by molar-refractivity contribution is 1.18. The molecule has 0 unspecified atom stereocenters. The first-order valence-electron chi connectivity index (χ1n) is 22.7. The average molecular weight is 881 g/mol. The number of hydrogen-bond donors (Lipinski definition) is 0. The summed E-state index contributed by atoms with van der Waals surface area (Å²) in [4.78, 5) is 4.54. The van der Waals surface area contributed by atoms with E-state index in [1.807, 2.05) is 48.5 Å². The molecule has 0 aliphatic carbocycles. The second kappa shape index (κ2) is 18.2. The fourth-order valence-electron chi connectivity index (χ4n) is 9.44. The van der Waals surface area contributed by atoms with Crippen LogP contribution in [0, 0.1) is 34.0 Å². The predicted molar refractivity (Wildman–Crippen MR) is 281 cm³/mol. The quantitative estimate of drug-likeness (QED) is 0.137. The van der Waals surface area contributed by atoms with E-state index in [9.17, 15) is 15.8 Å². The third-order valence-electron chi connectivity index (χ3n) is 12.7. The summed E-state index contributed by atoms with van der Waals surface area (Å²) in [5.41, 5.74) is 16.0. The highest BCUT2D eigenvalue weighted by atomic mass is 15.1. The minimum absolute atomic E-state index is 0.280. The van der Waals surface area contributed by atoms with Crippen molar-refractivity contribution in [3.63, 3.8) is 0 Å². The van der Waals surface area contributed by atoms with Gasteiger partial charge in [0.05, 0.1) is 45.9 Å². The number of fused-ring (bicyclic) bond motifs is 3. The average Bonchev–Trinajstić information content (AvgIpc) is 3.75. The Morgan fingerprint density at radius 3 is 0.986 bits per heavy atom. The first-order valence-corrected chi connectivity index (χ1v) is 22.7. The maximum Gasteiger partial charge on any atom is 0.0999 e. The molecule has 322 valence electrons. The molecule has 10 aromatic carbocycles. The Hall–Kier alpha value is -9.93. The fraction of sp³-hybridized carbons (Fsp3) is 0. The molecular formula is C63H40N6. The molecule has 6 nitrogen and oxygen atoms in total. The van der Waals surface area contributed by atoms with Crippen molar-refractivity contribution < 1.29 is 0 Å². The molecule has 0 aliphatic heterocycles. The summed E-state index contributed by atoms with van der Waals surface area (Å²) in [5, 5.41) is 31.9. The van der Waals surface area contributed by atoms with Crippen LogP contribution in [0.15, 0.2) is 243 Å². The summed E-state index contributed by atoms with van der Waals surface area (Å²) >= 11 is 0. The first-order chi connectivity index (χ1) is 34.1. The summed E-state index contributed by atoms with van der Waals surface area (Å²) in [7, 11) is 0. The molecule has 69 heavy (non-hydrogen) atoms. The van der Waals surface area contributed by atoms with Crippen molar-refractivity contribution in [1.29, 1.82) is 15.8 Å². The Balaban J connectivity index is 1.02. The van der Waals surface area contributed by atoms with Gasteiger partial charge in [-0.3, -0.25) is 0 Å². The van der Waals surface area contributed by atoms with Gasteiger partial charge in [-0.1, -0.05) is 121 Å². The van der Waals surface area contributed by atoms with E-state index in [0.29, 0.717) is 5.56 Å². The Bertz CT molecular complexity index is 3470. The molecule has 0 amide bonds. The van der Waals surface area contributed by atoms with Gasteiger partial charge < -0.3 is 14.4 Å². The van der Waals surface area contributed by atoms with Gasteiger partial charge in [-0.2, -0.15) is 15.8 Å². The highest BCUT2D eigenvalue weighted by Gasteiger charge is 2.19. The van der Waals surface area contributed by atoms with E-state index in [2.05, 4.69) is 215 Å². The molecule has 0 bridgehead atoms. The van der Waals surface area contributed by atoms with Gasteiger partial charge in [0.2, 0.25) is 0 Å². The second-order valence-electron chi connectivity index (χ2n) is 16.7. The Morgan fingerprint density at radius 1 is 0.304 bits per heavy atom. The Morgan fingerprint density at radius 2 is 0.638 bits per heavy atom. The molecule has 11 rings (SSSR count). The van der Waals surface area contributed by atoms with Gasteiger partial charge in [0, 0.05) is 56.1 Å². The van der Waals surface area contributed by atoms with E-state index in [4.69, 9.17) is 0 Å². The standard InChI is InChI=1S/C63H40N6/c64-41-44-37-50(42-65)63(51(38-44)43-66)47-25-33-58(34-26-47)69-61-35-27-48(45-21-29-56(30-22-45)67(52-13-5-1-6-14-52)53-15-7-2-8-16-53)39-59(61)60-40-49(28-36-62(60)69)46-23-31-57(32-24-46)68(54-17-9-3-10-18-54)55-19-11-4-12-20-55/h1-40H. The fourth-order valence-corrected chi connectivity index (χ4v) is 9.44. The molecule has 0 saturated heterocycles. The highest BCUT2D eigenvalue weighted by Crippen LogP contribution is 2.41. The molecule has 1 aromatic heterocycles. The number of aromatic nitrogens is 1. The van der Waals surface area contributed by atoms with Gasteiger partial charge in [0.25, 0.3) is 0 Å². The van der Waals surface area contributed by atoms with E-state index < -0.39 is 0 Å². The highest BCUT2D eigenvalue weighted by molar-refractivity contribution is 6.11. The van der Waals surface area contributed by atoms with Crippen LogP contribution >= 0.6 is 0 Å². The van der Waals surface area contributed by atoms with Crippen LogP contribution in [-0.4, -0.2) is 4.57 Å². The SMILES string of the molecule is N#Cc1cc(C#N)c(-c2ccc(-n3c4ccc(-c5ccc(N(c6ccccc6)c6ccccc6)cc5)cc4c4cc(-c5ccc(N(c6ccccc6)c6ccccc6)cc5)ccc43)cc2)c(C#N)c1. The Kier molecular flexibility index (Phi) is 11.0. The number of nitrogens with zero attached hydrogens (tertiary/aromatic N) is 6. The molecule has 0 spiro atoms. The minimum atomic E-state index is 0.280. The number of nitriles is 3. The van der Waals surface area contributed by atoms with Crippen LogP contribution in [0.3, 0.4) is 0 Å². The number of para-hydroxylation sites is 4. The molecule has 0 N–H and O–H groups in total. The summed E-state index contributed by atoms with van der Waals surface area (Å²) < 4.78 is 2.28. The van der Waals surface area contributed by atoms with Crippen LogP contribution in [0.25, 0.3) is 60.9 Å². The number of benzene rings is 10. The lowest BCUT2D eigenvalue weighted by Crippen LogP contribution is -2.09. The lowest BCUT2D eigenvalue weighted by atomic mass is 9.93. The lowest BCUT2D eigenvalue weighted by Gasteiger charge is -2.25. The predicted octanol–water partition coefficient (Wildman–Crippen LogP) is 16.3. The van der Waals surface area contributed by atoms with E-state index in [1.54, 1.807) is 12.1 Å². The summed E-state index contributed by atoms with van der Waals surface area (Å²) in [6.07, 6.45) is 0. The van der Waals surface area contributed by atoms with Crippen molar-refractivity contribution in [2.45, 2.75) is 0 Å². The van der Waals surface area contributed by atoms with Crippen LogP contribution in [0.1, 0.15) is 16.7 Å². The van der Waals surface area contributed by atoms with Crippen LogP contribution in [0.2, 0.25) is 0 Å². The van der Waals surface area contributed by atoms with Crippen molar-refractivity contribution >= 4 is 55.9 Å². The first kappa shape index (κ1) is 41.8. The minimum Gasteiger partial charge on any atom is -0.311 e. The topological polar surface area (TPSA) is 82.8 Å². The summed E-state index contributed by atoms with van der Waals surface area (Å²) in [6, 6.07) is 90.1. The van der Waals surface area contributed by atoms with Gasteiger partial charge in [-0.25, -0.2) is 0 Å². The zero-order valence-corrected chi connectivity index (χ0v) is 37.3. The van der Waals surface area contributed by atoms with E-state index in [0.717, 1.165) is 89.4 Å². The van der Waals surface area contributed by atoms with Gasteiger partial charge in [-0.15, -0.1) is 0 Å². The zero-order chi connectivity index (χ0) is 46.7. The molecule has 0 aliphatic rings. The monoisotopic (exact) mass is 880 g/mol. The molecule has 6 heteroatoms. The van der Waals surface area contributed by atoms with Crippen LogP contribution in [0.5, 0.6) is 0 Å². The largest absolute Gasteiger partial charge is 0.311 e. The van der Waals surface area contributed by atoms with Crippen molar-refractivity contribution in [1.82, 2.24) is 4.57 Å². The van der Waals surface area contributed by atoms with E-state index in [1.165, 1.54) is 0 Å². The Labute approximate surface area is 400 Å². The van der Waals surface area contributed by atoms with Crippen LogP contribution in [0.4, 0.5) is 34.1 Å². The number of anilines is 6. The van der Waals surface area contributed by atoms with Crippen molar-refractivity contribution in [2.24, 2.45) is 0 Å². The molecule has 0 fully saturated rings. The normalized spacial score (nSPS) is 10.9. The van der Waals surface area contributed by atoms with E-state index in [-0.39, 0.29) is 16.7 Å². The molecule has 11 aromatic rings. The van der Waals surface area contributed by atoms with Gasteiger partial charge in [0.1, 0.15) is 0 Å². The van der Waals surface area contributed by atoms with Crippen molar-refractivity contribution in [3.8, 4) is 57.3 Å². The van der Waals surface area contributed by atoms with Crippen molar-refractivity contribution in [3.05, 3.63) is 259 Å². The van der Waals surface area contributed by atoms with Crippen LogP contribution in [-0.2, 0) is 0 Å². The van der Waals surface area contributed by atoms with Crippen LogP contribution < -0.4 is 9.80 Å². The third-order valence-corrected chi connectivity index (χ3v) is 12.7.